The zero-order valence-electron chi connectivity index (χ0n) is 6.75. The van der Waals surface area contributed by atoms with Gasteiger partial charge in [0.2, 0.25) is 0 Å². The summed E-state index contributed by atoms with van der Waals surface area (Å²) in [7, 11) is 0. The Morgan fingerprint density at radius 3 is 2.86 bits per heavy atom. The van der Waals surface area contributed by atoms with E-state index in [1.54, 1.807) is 11.4 Å². The molecule has 0 aliphatic carbocycles. The Labute approximate surface area is 103 Å². The minimum Gasteiger partial charge on any atom is -0.478 e. The quantitative estimate of drug-likeness (QED) is 0.802. The predicted octanol–water partition coefficient (Wildman–Crippen LogP) is 3.86. The van der Waals surface area contributed by atoms with Gasteiger partial charge in [0.15, 0.2) is 0 Å². The first-order valence-corrected chi connectivity index (χ1v) is 6.03. The molecule has 2 rings (SSSR count). The molecule has 0 bridgehead atoms. The molecule has 0 unspecified atom stereocenters. The maximum Gasteiger partial charge on any atom is 0.337 e. The Kier molecular flexibility index (Phi) is 2.68. The van der Waals surface area contributed by atoms with Crippen molar-refractivity contribution in [3.8, 4) is 0 Å². The molecule has 1 aromatic heterocycles. The molecular formula is C9H4ClIO2S. The molecule has 0 atom stereocenters. The van der Waals surface area contributed by atoms with Crippen molar-refractivity contribution in [1.82, 2.24) is 0 Å². The first-order valence-electron chi connectivity index (χ1n) is 3.69. The van der Waals surface area contributed by atoms with E-state index in [-0.39, 0.29) is 0 Å². The third-order valence-electron chi connectivity index (χ3n) is 1.86. The minimum atomic E-state index is -0.930. The molecule has 0 aliphatic heterocycles. The van der Waals surface area contributed by atoms with E-state index < -0.39 is 5.97 Å². The minimum absolute atomic E-state index is 0.300. The van der Waals surface area contributed by atoms with Gasteiger partial charge in [0, 0.05) is 19.0 Å². The van der Waals surface area contributed by atoms with Crippen LogP contribution in [0.3, 0.4) is 0 Å². The van der Waals surface area contributed by atoms with Gasteiger partial charge >= 0.3 is 5.97 Å². The standard InChI is InChI=1S/C9H4ClIO2S/c10-4-3-14-6-2-1-5(11)8(7(4)6)9(12)13/h1-3H,(H,12,13). The lowest BCUT2D eigenvalue weighted by Gasteiger charge is -2.01. The molecule has 2 nitrogen and oxygen atoms in total. The number of fused-ring (bicyclic) bond motifs is 1. The Morgan fingerprint density at radius 1 is 1.50 bits per heavy atom. The number of thiophene rings is 1. The van der Waals surface area contributed by atoms with E-state index in [2.05, 4.69) is 0 Å². The smallest absolute Gasteiger partial charge is 0.337 e. The topological polar surface area (TPSA) is 37.3 Å². The molecule has 1 heterocycles. The second-order valence-electron chi connectivity index (χ2n) is 2.68. The number of aromatic carboxylic acids is 1. The highest BCUT2D eigenvalue weighted by Crippen LogP contribution is 2.34. The van der Waals surface area contributed by atoms with Crippen molar-refractivity contribution in [2.24, 2.45) is 0 Å². The molecule has 1 N–H and O–H groups in total. The van der Waals surface area contributed by atoms with E-state index in [0.29, 0.717) is 19.5 Å². The molecular weight excluding hydrogens is 335 g/mol. The van der Waals surface area contributed by atoms with Gasteiger partial charge in [-0.05, 0) is 34.7 Å². The maximum absolute atomic E-state index is 11.0. The van der Waals surface area contributed by atoms with Gasteiger partial charge < -0.3 is 5.11 Å². The Hall–Kier alpha value is -0.330. The number of benzene rings is 1. The van der Waals surface area contributed by atoms with Crippen molar-refractivity contribution in [3.05, 3.63) is 31.7 Å². The molecule has 0 fully saturated rings. The van der Waals surface area contributed by atoms with Crippen LogP contribution in [0.1, 0.15) is 10.4 Å². The second-order valence-corrected chi connectivity index (χ2v) is 5.16. The van der Waals surface area contributed by atoms with E-state index >= 15 is 0 Å². The van der Waals surface area contributed by atoms with Crippen LogP contribution >= 0.6 is 45.5 Å². The highest BCUT2D eigenvalue weighted by molar-refractivity contribution is 14.1. The fraction of sp³-hybridized carbons (Fsp3) is 0. The number of carboxylic acid groups (broad SMARTS) is 1. The summed E-state index contributed by atoms with van der Waals surface area (Å²) in [6.07, 6.45) is 0. The van der Waals surface area contributed by atoms with Crippen LogP contribution in [0.5, 0.6) is 0 Å². The summed E-state index contributed by atoms with van der Waals surface area (Å²) in [5, 5.41) is 12.0. The molecule has 14 heavy (non-hydrogen) atoms. The summed E-state index contributed by atoms with van der Waals surface area (Å²) >= 11 is 9.40. The van der Waals surface area contributed by atoms with Gasteiger partial charge in [-0.25, -0.2) is 4.79 Å². The lowest BCUT2D eigenvalue weighted by atomic mass is 10.1. The highest BCUT2D eigenvalue weighted by Gasteiger charge is 2.16. The van der Waals surface area contributed by atoms with Gasteiger partial charge in [0.1, 0.15) is 0 Å². The van der Waals surface area contributed by atoms with Crippen molar-refractivity contribution in [2.75, 3.05) is 0 Å². The highest BCUT2D eigenvalue weighted by atomic mass is 127. The average molecular weight is 339 g/mol. The second kappa shape index (κ2) is 3.67. The van der Waals surface area contributed by atoms with Crippen molar-refractivity contribution < 1.29 is 9.90 Å². The van der Waals surface area contributed by atoms with Crippen molar-refractivity contribution in [1.29, 1.82) is 0 Å². The first-order chi connectivity index (χ1) is 6.61. The predicted molar refractivity (Wildman–Crippen MR) is 66.5 cm³/mol. The molecule has 1 aromatic carbocycles. The molecule has 0 saturated heterocycles. The van der Waals surface area contributed by atoms with Gasteiger partial charge in [0.25, 0.3) is 0 Å². The Balaban J connectivity index is 2.94. The van der Waals surface area contributed by atoms with Crippen molar-refractivity contribution in [2.45, 2.75) is 0 Å². The number of rotatable bonds is 1. The molecule has 2 aromatic rings. The summed E-state index contributed by atoms with van der Waals surface area (Å²) in [6, 6.07) is 3.68. The van der Waals surface area contributed by atoms with Gasteiger partial charge in [-0.15, -0.1) is 11.3 Å². The van der Waals surface area contributed by atoms with E-state index in [1.165, 1.54) is 11.3 Å². The number of hydrogen-bond acceptors (Lipinski definition) is 2. The van der Waals surface area contributed by atoms with Crippen LogP contribution in [0, 0.1) is 3.57 Å². The summed E-state index contributed by atoms with van der Waals surface area (Å²) in [5.74, 6) is -0.930. The summed E-state index contributed by atoms with van der Waals surface area (Å²) < 4.78 is 1.62. The Bertz CT molecular complexity index is 521. The third-order valence-corrected chi connectivity index (χ3v) is 4.13. The number of halogens is 2. The van der Waals surface area contributed by atoms with Gasteiger partial charge in [-0.1, -0.05) is 11.6 Å². The van der Waals surface area contributed by atoms with E-state index in [0.717, 1.165) is 4.70 Å². The molecule has 5 heteroatoms. The molecule has 0 saturated carbocycles. The summed E-state index contributed by atoms with van der Waals surface area (Å²) in [6.45, 7) is 0. The molecule has 0 amide bonds. The molecule has 0 radical (unpaired) electrons. The van der Waals surface area contributed by atoms with E-state index in [9.17, 15) is 4.79 Å². The fourth-order valence-corrected chi connectivity index (χ4v) is 3.17. The summed E-state index contributed by atoms with van der Waals surface area (Å²) in [4.78, 5) is 11.0. The zero-order chi connectivity index (χ0) is 10.3. The average Bonchev–Trinajstić information content (AvgIpc) is 2.47. The van der Waals surface area contributed by atoms with Crippen LogP contribution < -0.4 is 0 Å². The van der Waals surface area contributed by atoms with E-state index in [1.807, 2.05) is 28.7 Å². The number of carboxylic acids is 1. The molecule has 72 valence electrons. The zero-order valence-corrected chi connectivity index (χ0v) is 10.5. The lowest BCUT2D eigenvalue weighted by molar-refractivity contribution is 0.0698. The van der Waals surface area contributed by atoms with E-state index in [4.69, 9.17) is 16.7 Å². The van der Waals surface area contributed by atoms with Crippen LogP contribution in [-0.2, 0) is 0 Å². The monoisotopic (exact) mass is 338 g/mol. The van der Waals surface area contributed by atoms with Crippen LogP contribution in [-0.4, -0.2) is 11.1 Å². The molecule has 0 spiro atoms. The largest absolute Gasteiger partial charge is 0.478 e. The fourth-order valence-electron chi connectivity index (χ4n) is 1.28. The number of carbonyl (C=O) groups is 1. The molecule has 0 aliphatic rings. The van der Waals surface area contributed by atoms with Gasteiger partial charge in [0.05, 0.1) is 10.6 Å². The normalized spacial score (nSPS) is 10.7. The SMILES string of the molecule is O=C(O)c1c(I)ccc2scc(Cl)c12. The van der Waals surface area contributed by atoms with Crippen LogP contribution in [0.25, 0.3) is 10.1 Å². The van der Waals surface area contributed by atoms with Gasteiger partial charge in [-0.2, -0.15) is 0 Å². The Morgan fingerprint density at radius 2 is 2.21 bits per heavy atom. The summed E-state index contributed by atoms with van der Waals surface area (Å²) in [5.41, 5.74) is 0.300. The first kappa shape index (κ1) is 10.2. The van der Waals surface area contributed by atoms with Crippen LogP contribution in [0.15, 0.2) is 17.5 Å². The van der Waals surface area contributed by atoms with Crippen molar-refractivity contribution in [3.63, 3.8) is 0 Å². The van der Waals surface area contributed by atoms with Crippen LogP contribution in [0.2, 0.25) is 5.02 Å². The maximum atomic E-state index is 11.0. The van der Waals surface area contributed by atoms with Gasteiger partial charge in [-0.3, -0.25) is 0 Å². The number of hydrogen-bond donors (Lipinski definition) is 1. The van der Waals surface area contributed by atoms with Crippen LogP contribution in [0.4, 0.5) is 0 Å². The third kappa shape index (κ3) is 1.51. The lowest BCUT2D eigenvalue weighted by Crippen LogP contribution is -1.99. The van der Waals surface area contributed by atoms with Crippen molar-refractivity contribution >= 4 is 61.6 Å².